The van der Waals surface area contributed by atoms with Crippen molar-refractivity contribution in [2.45, 2.75) is 19.8 Å². The second-order valence-corrected chi connectivity index (χ2v) is 5.88. The molecule has 5 nitrogen and oxygen atoms in total. The Morgan fingerprint density at radius 3 is 2.54 bits per heavy atom. The Bertz CT molecular complexity index is 982. The van der Waals surface area contributed by atoms with Gasteiger partial charge in [-0.3, -0.25) is 9.78 Å². The summed E-state index contributed by atoms with van der Waals surface area (Å²) in [7, 11) is 0. The van der Waals surface area contributed by atoms with E-state index in [9.17, 15) is 10.1 Å². The number of aryl methyl sites for hydroxylation is 1. The average molecular weight is 342 g/mol. The van der Waals surface area contributed by atoms with E-state index < -0.39 is 5.92 Å². The van der Waals surface area contributed by atoms with Gasteiger partial charge in [0.25, 0.3) is 0 Å². The maximum absolute atomic E-state index is 12.5. The molecule has 26 heavy (non-hydrogen) atoms. The van der Waals surface area contributed by atoms with Gasteiger partial charge in [-0.2, -0.15) is 10.4 Å². The SMILES string of the molecule is Cc1nn(-c2ccccc2)c(C)c1/C=C/C(=O)[C@H](C#N)c1ccccn1. The van der Waals surface area contributed by atoms with E-state index in [1.54, 1.807) is 30.5 Å². The second kappa shape index (κ2) is 7.58. The summed E-state index contributed by atoms with van der Waals surface area (Å²) in [5, 5.41) is 13.9. The van der Waals surface area contributed by atoms with Crippen molar-refractivity contribution >= 4 is 11.9 Å². The van der Waals surface area contributed by atoms with Crippen molar-refractivity contribution in [2.24, 2.45) is 0 Å². The predicted octanol–water partition coefficient (Wildman–Crippen LogP) is 3.77. The van der Waals surface area contributed by atoms with E-state index in [4.69, 9.17) is 0 Å². The van der Waals surface area contributed by atoms with Gasteiger partial charge in [-0.05, 0) is 50.3 Å². The van der Waals surface area contributed by atoms with Crippen LogP contribution >= 0.6 is 0 Å². The maximum atomic E-state index is 12.5. The number of carbonyl (C=O) groups is 1. The van der Waals surface area contributed by atoms with E-state index in [1.807, 2.05) is 54.9 Å². The third kappa shape index (κ3) is 3.45. The van der Waals surface area contributed by atoms with Crippen LogP contribution < -0.4 is 0 Å². The van der Waals surface area contributed by atoms with Crippen molar-refractivity contribution in [1.29, 1.82) is 5.26 Å². The Morgan fingerprint density at radius 2 is 1.88 bits per heavy atom. The number of hydrogen-bond donors (Lipinski definition) is 0. The number of rotatable bonds is 5. The molecule has 0 aliphatic carbocycles. The van der Waals surface area contributed by atoms with E-state index in [2.05, 4.69) is 10.1 Å². The first-order valence-electron chi connectivity index (χ1n) is 8.26. The lowest BCUT2D eigenvalue weighted by Crippen LogP contribution is -2.09. The number of benzene rings is 1. The highest BCUT2D eigenvalue weighted by molar-refractivity contribution is 6.00. The first-order valence-corrected chi connectivity index (χ1v) is 8.26. The molecule has 0 radical (unpaired) electrons. The number of nitriles is 1. The van der Waals surface area contributed by atoms with Crippen LogP contribution in [0.1, 0.15) is 28.6 Å². The smallest absolute Gasteiger partial charge is 0.178 e. The fourth-order valence-electron chi connectivity index (χ4n) is 2.80. The largest absolute Gasteiger partial charge is 0.293 e. The molecule has 3 rings (SSSR count). The van der Waals surface area contributed by atoms with Crippen LogP contribution in [0.15, 0.2) is 60.8 Å². The fourth-order valence-corrected chi connectivity index (χ4v) is 2.80. The molecule has 1 atom stereocenters. The van der Waals surface area contributed by atoms with Gasteiger partial charge < -0.3 is 0 Å². The molecular formula is C21H18N4O. The minimum atomic E-state index is -0.905. The van der Waals surface area contributed by atoms with Crippen LogP contribution in [-0.4, -0.2) is 20.5 Å². The number of allylic oxidation sites excluding steroid dienone is 1. The Kier molecular flexibility index (Phi) is 5.04. The summed E-state index contributed by atoms with van der Waals surface area (Å²) >= 11 is 0. The normalized spacial score (nSPS) is 12.0. The number of hydrogen-bond acceptors (Lipinski definition) is 4. The number of pyridine rings is 1. The molecule has 2 aromatic heterocycles. The lowest BCUT2D eigenvalue weighted by Gasteiger charge is -2.04. The van der Waals surface area contributed by atoms with Gasteiger partial charge >= 0.3 is 0 Å². The molecule has 0 fully saturated rings. The molecule has 0 aliphatic rings. The van der Waals surface area contributed by atoms with Crippen LogP contribution in [0.25, 0.3) is 11.8 Å². The van der Waals surface area contributed by atoms with E-state index in [-0.39, 0.29) is 5.78 Å². The van der Waals surface area contributed by atoms with E-state index >= 15 is 0 Å². The third-order valence-corrected chi connectivity index (χ3v) is 4.16. The van der Waals surface area contributed by atoms with Crippen molar-refractivity contribution in [3.63, 3.8) is 0 Å². The number of carbonyl (C=O) groups excluding carboxylic acids is 1. The molecule has 0 aliphatic heterocycles. The molecule has 3 aromatic rings. The summed E-state index contributed by atoms with van der Waals surface area (Å²) in [5.74, 6) is -1.20. The van der Waals surface area contributed by atoms with Gasteiger partial charge in [0.2, 0.25) is 0 Å². The first kappa shape index (κ1) is 17.3. The summed E-state index contributed by atoms with van der Waals surface area (Å²) in [6.45, 7) is 3.86. The zero-order chi connectivity index (χ0) is 18.5. The van der Waals surface area contributed by atoms with Gasteiger partial charge in [0.05, 0.1) is 23.1 Å². The molecule has 0 saturated carbocycles. The highest BCUT2D eigenvalue weighted by atomic mass is 16.1. The second-order valence-electron chi connectivity index (χ2n) is 5.88. The van der Waals surface area contributed by atoms with Gasteiger partial charge in [0.1, 0.15) is 0 Å². The van der Waals surface area contributed by atoms with Gasteiger partial charge in [-0.15, -0.1) is 0 Å². The molecule has 0 spiro atoms. The molecule has 128 valence electrons. The van der Waals surface area contributed by atoms with Crippen molar-refractivity contribution in [3.05, 3.63) is 83.4 Å². The number of ketones is 1. The molecule has 2 heterocycles. The third-order valence-electron chi connectivity index (χ3n) is 4.16. The molecule has 0 saturated heterocycles. The highest BCUT2D eigenvalue weighted by Gasteiger charge is 2.19. The number of para-hydroxylation sites is 1. The van der Waals surface area contributed by atoms with Crippen LogP contribution in [0.4, 0.5) is 0 Å². The van der Waals surface area contributed by atoms with Crippen LogP contribution in [0.5, 0.6) is 0 Å². The zero-order valence-electron chi connectivity index (χ0n) is 14.6. The van der Waals surface area contributed by atoms with Crippen LogP contribution in [0, 0.1) is 25.2 Å². The number of nitrogens with zero attached hydrogens (tertiary/aromatic N) is 4. The monoisotopic (exact) mass is 342 g/mol. The average Bonchev–Trinajstić information content (AvgIpc) is 2.96. The van der Waals surface area contributed by atoms with E-state index in [1.165, 1.54) is 6.08 Å². The van der Waals surface area contributed by atoms with Crippen molar-refractivity contribution in [1.82, 2.24) is 14.8 Å². The van der Waals surface area contributed by atoms with Crippen LogP contribution in [0.3, 0.4) is 0 Å². The molecular weight excluding hydrogens is 324 g/mol. The highest BCUT2D eigenvalue weighted by Crippen LogP contribution is 2.20. The Balaban J connectivity index is 1.88. The summed E-state index contributed by atoms with van der Waals surface area (Å²) < 4.78 is 1.85. The lowest BCUT2D eigenvalue weighted by atomic mass is 10.00. The van der Waals surface area contributed by atoms with E-state index in [0.717, 1.165) is 22.6 Å². The van der Waals surface area contributed by atoms with Gasteiger partial charge in [-0.1, -0.05) is 24.3 Å². The van der Waals surface area contributed by atoms with Gasteiger partial charge in [0.15, 0.2) is 11.7 Å². The minimum Gasteiger partial charge on any atom is -0.293 e. The van der Waals surface area contributed by atoms with Gasteiger partial charge in [0, 0.05) is 17.5 Å². The minimum absolute atomic E-state index is 0.294. The topological polar surface area (TPSA) is 71.6 Å². The molecule has 0 N–H and O–H groups in total. The molecule has 5 heteroatoms. The standard InChI is InChI=1S/C21H18N4O/c1-15-18(16(2)25(24-15)17-8-4-3-5-9-17)11-12-21(26)19(14-22)20-10-6-7-13-23-20/h3-13,19H,1-2H3/b12-11+/t19-/m1/s1. The molecule has 0 bridgehead atoms. The summed E-state index contributed by atoms with van der Waals surface area (Å²) in [5.41, 5.74) is 4.05. The maximum Gasteiger partial charge on any atom is 0.178 e. The first-order chi connectivity index (χ1) is 12.6. The molecule has 0 unspecified atom stereocenters. The Morgan fingerprint density at radius 1 is 1.15 bits per heavy atom. The van der Waals surface area contributed by atoms with Crippen molar-refractivity contribution in [3.8, 4) is 11.8 Å². The summed E-state index contributed by atoms with van der Waals surface area (Å²) in [6.07, 6.45) is 4.75. The quantitative estimate of drug-likeness (QED) is 0.662. The Hall–Kier alpha value is -3.52. The Labute approximate surface area is 152 Å². The van der Waals surface area contributed by atoms with Crippen molar-refractivity contribution < 1.29 is 4.79 Å². The summed E-state index contributed by atoms with van der Waals surface area (Å²) in [4.78, 5) is 16.6. The van der Waals surface area contributed by atoms with Crippen LogP contribution in [0.2, 0.25) is 0 Å². The van der Waals surface area contributed by atoms with Gasteiger partial charge in [-0.25, -0.2) is 4.68 Å². The fraction of sp³-hybridized carbons (Fsp3) is 0.143. The predicted molar refractivity (Wildman–Crippen MR) is 99.7 cm³/mol. The molecule has 0 amide bonds. The molecule has 1 aromatic carbocycles. The summed E-state index contributed by atoms with van der Waals surface area (Å²) in [6, 6.07) is 17.0. The van der Waals surface area contributed by atoms with E-state index in [0.29, 0.717) is 5.69 Å². The zero-order valence-corrected chi connectivity index (χ0v) is 14.6. The number of aromatic nitrogens is 3. The lowest BCUT2D eigenvalue weighted by molar-refractivity contribution is -0.114. The van der Waals surface area contributed by atoms with Crippen LogP contribution in [-0.2, 0) is 4.79 Å². The van der Waals surface area contributed by atoms with Crippen molar-refractivity contribution in [2.75, 3.05) is 0 Å².